The first-order valence-electron chi connectivity index (χ1n) is 7.47. The maximum absolute atomic E-state index is 12.2. The molecule has 1 aliphatic heterocycles. The van der Waals surface area contributed by atoms with Crippen molar-refractivity contribution in [3.63, 3.8) is 0 Å². The second-order valence-electron chi connectivity index (χ2n) is 5.28. The fourth-order valence-electron chi connectivity index (χ4n) is 2.88. The maximum atomic E-state index is 12.2. The van der Waals surface area contributed by atoms with Gasteiger partial charge in [0.1, 0.15) is 15.9 Å². The van der Waals surface area contributed by atoms with E-state index < -0.39 is 5.97 Å². The summed E-state index contributed by atoms with van der Waals surface area (Å²) >= 11 is 1.13. The molecule has 2 heterocycles. The van der Waals surface area contributed by atoms with Crippen LogP contribution in [0.2, 0.25) is 0 Å². The van der Waals surface area contributed by atoms with Crippen LogP contribution in [0, 0.1) is 11.3 Å². The second-order valence-corrected chi connectivity index (χ2v) is 6.33. The van der Waals surface area contributed by atoms with Gasteiger partial charge in [-0.05, 0) is 25.0 Å². The first-order valence-corrected chi connectivity index (χ1v) is 8.28. The zero-order chi connectivity index (χ0) is 16.4. The van der Waals surface area contributed by atoms with Gasteiger partial charge in [0.2, 0.25) is 0 Å². The summed E-state index contributed by atoms with van der Waals surface area (Å²) in [4.78, 5) is 14.8. The molecule has 0 aliphatic carbocycles. The van der Waals surface area contributed by atoms with E-state index in [1.54, 1.807) is 6.92 Å². The van der Waals surface area contributed by atoms with Crippen molar-refractivity contribution in [2.45, 2.75) is 19.9 Å². The van der Waals surface area contributed by atoms with Crippen LogP contribution in [0.15, 0.2) is 24.3 Å². The lowest BCUT2D eigenvalue weighted by molar-refractivity contribution is 0.0531. The first kappa shape index (κ1) is 15.4. The Morgan fingerprint density at radius 1 is 1.48 bits per heavy atom. The molecular formula is C17H17N3O2S. The number of nitriles is 1. The molecule has 2 N–H and O–H groups in total. The zero-order valence-corrected chi connectivity index (χ0v) is 13.7. The van der Waals surface area contributed by atoms with Crippen molar-refractivity contribution in [1.82, 2.24) is 0 Å². The summed E-state index contributed by atoms with van der Waals surface area (Å²) in [5.41, 5.74) is 9.42. The van der Waals surface area contributed by atoms with E-state index in [9.17, 15) is 10.1 Å². The summed E-state index contributed by atoms with van der Waals surface area (Å²) in [6.45, 7) is 3.41. The number of nitrogens with two attached hydrogens (primary N) is 1. The lowest BCUT2D eigenvalue weighted by Gasteiger charge is -2.19. The van der Waals surface area contributed by atoms with Crippen molar-refractivity contribution >= 4 is 28.0 Å². The van der Waals surface area contributed by atoms with Gasteiger partial charge in [-0.3, -0.25) is 0 Å². The van der Waals surface area contributed by atoms with Crippen LogP contribution in [0.25, 0.3) is 0 Å². The number of nitrogen functional groups attached to an aromatic ring is 1. The first-order chi connectivity index (χ1) is 11.2. The van der Waals surface area contributed by atoms with Crippen molar-refractivity contribution in [3.8, 4) is 6.07 Å². The highest BCUT2D eigenvalue weighted by Gasteiger charge is 2.26. The van der Waals surface area contributed by atoms with Crippen molar-refractivity contribution in [2.24, 2.45) is 0 Å². The Morgan fingerprint density at radius 3 is 3.00 bits per heavy atom. The number of carbonyl (C=O) groups is 1. The van der Waals surface area contributed by atoms with E-state index in [1.165, 1.54) is 5.56 Å². The van der Waals surface area contributed by atoms with Crippen LogP contribution < -0.4 is 10.6 Å². The molecule has 118 valence electrons. The predicted molar refractivity (Wildman–Crippen MR) is 90.6 cm³/mol. The molecule has 23 heavy (non-hydrogen) atoms. The largest absolute Gasteiger partial charge is 0.462 e. The Balaban J connectivity index is 1.97. The van der Waals surface area contributed by atoms with E-state index in [4.69, 9.17) is 10.5 Å². The predicted octanol–water partition coefficient (Wildman–Crippen LogP) is 2.94. The molecule has 3 rings (SSSR count). The molecule has 0 spiro atoms. The number of para-hydroxylation sites is 1. The van der Waals surface area contributed by atoms with E-state index in [-0.39, 0.29) is 0 Å². The second kappa shape index (κ2) is 6.31. The van der Waals surface area contributed by atoms with Gasteiger partial charge >= 0.3 is 5.97 Å². The van der Waals surface area contributed by atoms with Crippen molar-refractivity contribution in [3.05, 3.63) is 45.8 Å². The highest BCUT2D eigenvalue weighted by atomic mass is 32.1. The standard InChI is InChI=1S/C17H17N3O2S/c1-2-22-17(21)15-13(12(9-18)16(19)23-15)10-20-8-7-11-5-3-4-6-14(11)20/h3-6H,2,7-8,10,19H2,1H3. The smallest absolute Gasteiger partial charge is 0.348 e. The van der Waals surface area contributed by atoms with Crippen LogP contribution in [0.4, 0.5) is 10.7 Å². The molecule has 2 aromatic rings. The number of benzene rings is 1. The van der Waals surface area contributed by atoms with Crippen LogP contribution in [0.5, 0.6) is 0 Å². The third kappa shape index (κ3) is 2.76. The minimum atomic E-state index is -0.409. The maximum Gasteiger partial charge on any atom is 0.348 e. The summed E-state index contributed by atoms with van der Waals surface area (Å²) < 4.78 is 5.10. The normalized spacial score (nSPS) is 12.8. The molecular weight excluding hydrogens is 310 g/mol. The molecule has 1 aliphatic rings. The van der Waals surface area contributed by atoms with E-state index in [2.05, 4.69) is 23.1 Å². The van der Waals surface area contributed by atoms with Gasteiger partial charge in [-0.1, -0.05) is 18.2 Å². The zero-order valence-electron chi connectivity index (χ0n) is 12.8. The number of hydrogen-bond donors (Lipinski definition) is 1. The molecule has 0 fully saturated rings. The fraction of sp³-hybridized carbons (Fsp3) is 0.294. The number of esters is 1. The van der Waals surface area contributed by atoms with E-state index >= 15 is 0 Å². The van der Waals surface area contributed by atoms with Gasteiger partial charge in [-0.25, -0.2) is 4.79 Å². The topological polar surface area (TPSA) is 79.3 Å². The van der Waals surface area contributed by atoms with Gasteiger partial charge in [0.25, 0.3) is 0 Å². The number of rotatable bonds is 4. The number of ether oxygens (including phenoxy) is 1. The van der Waals surface area contributed by atoms with Crippen LogP contribution >= 0.6 is 11.3 Å². The average Bonchev–Trinajstić information content (AvgIpc) is 3.09. The molecule has 6 heteroatoms. The summed E-state index contributed by atoms with van der Waals surface area (Å²) in [7, 11) is 0. The Kier molecular flexibility index (Phi) is 4.22. The van der Waals surface area contributed by atoms with Gasteiger partial charge in [0.15, 0.2) is 0 Å². The van der Waals surface area contributed by atoms with E-state index in [0.29, 0.717) is 34.2 Å². The van der Waals surface area contributed by atoms with Crippen LogP contribution in [-0.2, 0) is 17.7 Å². The van der Waals surface area contributed by atoms with Gasteiger partial charge in [0.05, 0.1) is 12.2 Å². The van der Waals surface area contributed by atoms with Crippen LogP contribution in [0.1, 0.15) is 33.3 Å². The molecule has 0 saturated carbocycles. The van der Waals surface area contributed by atoms with Crippen LogP contribution in [-0.4, -0.2) is 19.1 Å². The number of thiophene rings is 1. The molecule has 0 bridgehead atoms. The van der Waals surface area contributed by atoms with Gasteiger partial charge in [-0.15, -0.1) is 11.3 Å². The average molecular weight is 327 g/mol. The highest BCUT2D eigenvalue weighted by molar-refractivity contribution is 7.18. The van der Waals surface area contributed by atoms with Crippen molar-refractivity contribution in [2.75, 3.05) is 23.8 Å². The van der Waals surface area contributed by atoms with Gasteiger partial charge in [0, 0.05) is 24.3 Å². The third-order valence-corrected chi connectivity index (χ3v) is 4.98. The Bertz CT molecular complexity index is 792. The molecule has 1 aromatic carbocycles. The summed E-state index contributed by atoms with van der Waals surface area (Å²) in [6.07, 6.45) is 0.965. The Hall–Kier alpha value is -2.52. The SMILES string of the molecule is CCOC(=O)c1sc(N)c(C#N)c1CN1CCc2ccccc21. The lowest BCUT2D eigenvalue weighted by atomic mass is 10.1. The number of fused-ring (bicyclic) bond motifs is 1. The van der Waals surface area contributed by atoms with Gasteiger partial charge < -0.3 is 15.4 Å². The molecule has 5 nitrogen and oxygen atoms in total. The molecule has 0 atom stereocenters. The molecule has 0 amide bonds. The third-order valence-electron chi connectivity index (χ3n) is 3.94. The summed E-state index contributed by atoms with van der Waals surface area (Å²) in [5.74, 6) is -0.409. The number of carbonyl (C=O) groups excluding carboxylic acids is 1. The molecule has 0 radical (unpaired) electrons. The fourth-order valence-corrected chi connectivity index (χ4v) is 3.80. The number of nitrogens with zero attached hydrogens (tertiary/aromatic N) is 2. The number of hydrogen-bond acceptors (Lipinski definition) is 6. The van der Waals surface area contributed by atoms with E-state index in [0.717, 1.165) is 30.0 Å². The Morgan fingerprint density at radius 2 is 2.26 bits per heavy atom. The summed E-state index contributed by atoms with van der Waals surface area (Å²) in [6, 6.07) is 10.3. The molecule has 0 saturated heterocycles. The van der Waals surface area contributed by atoms with Crippen molar-refractivity contribution in [1.29, 1.82) is 5.26 Å². The monoisotopic (exact) mass is 327 g/mol. The number of anilines is 2. The lowest BCUT2D eigenvalue weighted by Crippen LogP contribution is -2.21. The quantitative estimate of drug-likeness (QED) is 0.873. The minimum Gasteiger partial charge on any atom is -0.462 e. The molecule has 1 aromatic heterocycles. The summed E-state index contributed by atoms with van der Waals surface area (Å²) in [5, 5.41) is 9.77. The van der Waals surface area contributed by atoms with Crippen LogP contribution in [0.3, 0.4) is 0 Å². The Labute approximate surface area is 138 Å². The highest BCUT2D eigenvalue weighted by Crippen LogP contribution is 2.35. The van der Waals surface area contributed by atoms with E-state index in [1.807, 2.05) is 12.1 Å². The van der Waals surface area contributed by atoms with Gasteiger partial charge in [-0.2, -0.15) is 5.26 Å². The molecule has 0 unspecified atom stereocenters. The minimum absolute atomic E-state index is 0.296. The van der Waals surface area contributed by atoms with Crippen molar-refractivity contribution < 1.29 is 9.53 Å².